The van der Waals surface area contributed by atoms with Gasteiger partial charge < -0.3 is 10.4 Å². The van der Waals surface area contributed by atoms with Crippen LogP contribution in [0.2, 0.25) is 0 Å². The van der Waals surface area contributed by atoms with Crippen molar-refractivity contribution in [2.45, 2.75) is 39.3 Å². The summed E-state index contributed by atoms with van der Waals surface area (Å²) in [5.41, 5.74) is 4.63. The van der Waals surface area contributed by atoms with Crippen LogP contribution in [0.3, 0.4) is 0 Å². The van der Waals surface area contributed by atoms with E-state index in [2.05, 4.69) is 56.4 Å². The molecule has 2 nitrogen and oxygen atoms in total. The Morgan fingerprint density at radius 3 is 2.29 bits per heavy atom. The van der Waals surface area contributed by atoms with Crippen LogP contribution in [0.5, 0.6) is 0 Å². The molecule has 2 heteroatoms. The van der Waals surface area contributed by atoms with Crippen LogP contribution in [-0.4, -0.2) is 11.7 Å². The van der Waals surface area contributed by atoms with Gasteiger partial charge in [-0.15, -0.1) is 0 Å². The first-order valence-electron chi connectivity index (χ1n) is 7.59. The summed E-state index contributed by atoms with van der Waals surface area (Å²) in [5, 5.41) is 13.5. The third-order valence-corrected chi connectivity index (χ3v) is 4.40. The number of nitrogens with one attached hydrogen (secondary N) is 1. The van der Waals surface area contributed by atoms with Crippen LogP contribution in [0, 0.1) is 13.8 Å². The molecule has 0 fully saturated rings. The molecule has 2 N–H and O–H groups in total. The summed E-state index contributed by atoms with van der Waals surface area (Å²) >= 11 is 0. The molecule has 1 atom stereocenters. The van der Waals surface area contributed by atoms with Crippen molar-refractivity contribution < 1.29 is 5.11 Å². The highest BCUT2D eigenvalue weighted by atomic mass is 16.3. The van der Waals surface area contributed by atoms with E-state index in [-0.39, 0.29) is 12.1 Å². The van der Waals surface area contributed by atoms with E-state index < -0.39 is 0 Å². The summed E-state index contributed by atoms with van der Waals surface area (Å²) in [5.74, 6) is 0. The third-order valence-electron chi connectivity index (χ3n) is 4.40. The molecule has 0 saturated heterocycles. The highest BCUT2D eigenvalue weighted by Crippen LogP contribution is 2.25. The van der Waals surface area contributed by atoms with Crippen LogP contribution in [0.15, 0.2) is 48.5 Å². The molecule has 0 aliphatic rings. The van der Waals surface area contributed by atoms with Gasteiger partial charge in [0.15, 0.2) is 0 Å². The van der Waals surface area contributed by atoms with Gasteiger partial charge in [-0.05, 0) is 42.5 Å². The normalized spacial score (nSPS) is 13.9. The maximum absolute atomic E-state index is 9.94. The summed E-state index contributed by atoms with van der Waals surface area (Å²) in [6.07, 6.45) is 0.846. The molecule has 112 valence electrons. The van der Waals surface area contributed by atoms with Crippen molar-refractivity contribution in [3.63, 3.8) is 0 Å². The zero-order chi connectivity index (χ0) is 15.3. The quantitative estimate of drug-likeness (QED) is 0.847. The number of hydrogen-bond acceptors (Lipinski definition) is 2. The number of aryl methyl sites for hydroxylation is 2. The lowest BCUT2D eigenvalue weighted by Gasteiger charge is -2.33. The van der Waals surface area contributed by atoms with Gasteiger partial charge in [-0.25, -0.2) is 0 Å². The van der Waals surface area contributed by atoms with Crippen LogP contribution in [0.4, 0.5) is 0 Å². The molecule has 21 heavy (non-hydrogen) atoms. The van der Waals surface area contributed by atoms with Crippen molar-refractivity contribution in [3.05, 3.63) is 70.8 Å². The number of rotatable bonds is 6. The summed E-state index contributed by atoms with van der Waals surface area (Å²) in [4.78, 5) is 0. The van der Waals surface area contributed by atoms with Gasteiger partial charge in [0.1, 0.15) is 0 Å². The predicted octanol–water partition coefficient (Wildman–Crippen LogP) is 3.69. The van der Waals surface area contributed by atoms with E-state index in [0.29, 0.717) is 0 Å². The Morgan fingerprint density at radius 1 is 1.00 bits per heavy atom. The van der Waals surface area contributed by atoms with E-state index in [4.69, 9.17) is 0 Å². The lowest BCUT2D eigenvalue weighted by Crippen LogP contribution is -2.44. The fourth-order valence-corrected chi connectivity index (χ4v) is 2.63. The molecule has 0 radical (unpaired) electrons. The van der Waals surface area contributed by atoms with Gasteiger partial charge >= 0.3 is 0 Å². The third kappa shape index (κ3) is 3.52. The van der Waals surface area contributed by atoms with Crippen molar-refractivity contribution in [1.29, 1.82) is 0 Å². The summed E-state index contributed by atoms with van der Waals surface area (Å²) in [6, 6.07) is 16.7. The van der Waals surface area contributed by atoms with Gasteiger partial charge in [0, 0.05) is 6.54 Å². The van der Waals surface area contributed by atoms with Gasteiger partial charge in [-0.2, -0.15) is 0 Å². The minimum absolute atomic E-state index is 0.0956. The SMILES string of the molecule is CC[C@](CO)(NCc1ccc(C)c(C)c1)c1ccccc1. The number of aliphatic hydroxyl groups is 1. The zero-order valence-corrected chi connectivity index (χ0v) is 13.2. The molecular weight excluding hydrogens is 258 g/mol. The fraction of sp³-hybridized carbons (Fsp3) is 0.368. The Balaban J connectivity index is 2.19. The van der Waals surface area contributed by atoms with Crippen molar-refractivity contribution >= 4 is 0 Å². The standard InChI is InChI=1S/C19H25NO/c1-4-19(14-21,18-8-6-5-7-9-18)20-13-17-11-10-15(2)16(3)12-17/h5-12,20-21H,4,13-14H2,1-3H3/t19-/m1/s1. The fourth-order valence-electron chi connectivity index (χ4n) is 2.63. The Morgan fingerprint density at radius 2 is 1.71 bits per heavy atom. The van der Waals surface area contributed by atoms with Crippen LogP contribution < -0.4 is 5.32 Å². The largest absolute Gasteiger partial charge is 0.394 e. The lowest BCUT2D eigenvalue weighted by atomic mass is 9.87. The molecular formula is C19H25NO. The van der Waals surface area contributed by atoms with E-state index in [1.165, 1.54) is 16.7 Å². The molecule has 2 rings (SSSR count). The molecule has 0 aliphatic heterocycles. The van der Waals surface area contributed by atoms with Gasteiger partial charge in [-0.1, -0.05) is 55.5 Å². The van der Waals surface area contributed by atoms with E-state index in [1.807, 2.05) is 18.2 Å². The second-order valence-corrected chi connectivity index (χ2v) is 5.73. The summed E-state index contributed by atoms with van der Waals surface area (Å²) in [7, 11) is 0. The van der Waals surface area contributed by atoms with E-state index in [1.54, 1.807) is 0 Å². The first kappa shape index (κ1) is 15.7. The molecule has 0 unspecified atom stereocenters. The topological polar surface area (TPSA) is 32.3 Å². The van der Waals surface area contributed by atoms with Gasteiger partial charge in [0.2, 0.25) is 0 Å². The van der Waals surface area contributed by atoms with Crippen molar-refractivity contribution in [1.82, 2.24) is 5.32 Å². The summed E-state index contributed by atoms with van der Waals surface area (Å²) < 4.78 is 0. The highest BCUT2D eigenvalue weighted by molar-refractivity contribution is 5.30. The van der Waals surface area contributed by atoms with E-state index in [0.717, 1.165) is 18.5 Å². The number of aliphatic hydroxyl groups excluding tert-OH is 1. The van der Waals surface area contributed by atoms with Crippen LogP contribution >= 0.6 is 0 Å². The Kier molecular flexibility index (Phi) is 5.16. The van der Waals surface area contributed by atoms with Crippen molar-refractivity contribution in [3.8, 4) is 0 Å². The zero-order valence-electron chi connectivity index (χ0n) is 13.2. The van der Waals surface area contributed by atoms with Crippen LogP contribution in [-0.2, 0) is 12.1 Å². The Bertz CT molecular complexity index is 573. The molecule has 0 saturated carbocycles. The van der Waals surface area contributed by atoms with E-state index in [9.17, 15) is 5.11 Å². The Hall–Kier alpha value is -1.64. The van der Waals surface area contributed by atoms with Crippen LogP contribution in [0.25, 0.3) is 0 Å². The second kappa shape index (κ2) is 6.88. The Labute approximate surface area is 127 Å². The first-order chi connectivity index (χ1) is 10.1. The van der Waals surface area contributed by atoms with Crippen molar-refractivity contribution in [2.24, 2.45) is 0 Å². The smallest absolute Gasteiger partial charge is 0.0669 e. The number of hydrogen-bond donors (Lipinski definition) is 2. The minimum Gasteiger partial charge on any atom is -0.394 e. The van der Waals surface area contributed by atoms with Crippen molar-refractivity contribution in [2.75, 3.05) is 6.61 Å². The van der Waals surface area contributed by atoms with Gasteiger partial charge in [0.05, 0.1) is 12.1 Å². The molecule has 2 aromatic rings. The predicted molar refractivity (Wildman–Crippen MR) is 88.3 cm³/mol. The molecule has 0 heterocycles. The van der Waals surface area contributed by atoms with Crippen LogP contribution in [0.1, 0.15) is 35.6 Å². The van der Waals surface area contributed by atoms with Gasteiger partial charge in [-0.3, -0.25) is 0 Å². The molecule has 2 aromatic carbocycles. The molecule has 0 spiro atoms. The highest BCUT2D eigenvalue weighted by Gasteiger charge is 2.28. The number of benzene rings is 2. The average molecular weight is 283 g/mol. The minimum atomic E-state index is -0.375. The maximum Gasteiger partial charge on any atom is 0.0669 e. The summed E-state index contributed by atoms with van der Waals surface area (Å²) in [6.45, 7) is 7.22. The monoisotopic (exact) mass is 283 g/mol. The average Bonchev–Trinajstić information content (AvgIpc) is 2.53. The molecule has 0 amide bonds. The molecule has 0 aliphatic carbocycles. The van der Waals surface area contributed by atoms with E-state index >= 15 is 0 Å². The molecule has 0 bridgehead atoms. The second-order valence-electron chi connectivity index (χ2n) is 5.73. The molecule has 0 aromatic heterocycles. The van der Waals surface area contributed by atoms with Gasteiger partial charge in [0.25, 0.3) is 0 Å². The lowest BCUT2D eigenvalue weighted by molar-refractivity contribution is 0.154. The maximum atomic E-state index is 9.94. The first-order valence-corrected chi connectivity index (χ1v) is 7.59.